The number of phosphoric acid groups is 2. The molecule has 0 aromatic heterocycles. The van der Waals surface area contributed by atoms with E-state index in [4.69, 9.17) is 14.3 Å². The molecule has 9 heteroatoms. The van der Waals surface area contributed by atoms with Crippen molar-refractivity contribution in [2.45, 2.75) is 51.0 Å². The average Bonchev–Trinajstić information content (AvgIpc) is 2.04. The Hall–Kier alpha value is 0.260. The highest BCUT2D eigenvalue weighted by Crippen LogP contribution is 2.58. The Morgan fingerprint density at radius 1 is 0.882 bits per heavy atom. The van der Waals surface area contributed by atoms with E-state index in [9.17, 15) is 14.0 Å². The molecule has 0 radical (unpaired) electrons. The van der Waals surface area contributed by atoms with Crippen molar-refractivity contribution in [3.8, 4) is 0 Å². The number of hydrogen-bond donors (Lipinski definition) is 3. The molecule has 1 atom stereocenters. The average molecular weight is 288 g/mol. The molecule has 1 aliphatic carbocycles. The van der Waals surface area contributed by atoms with Gasteiger partial charge in [0.25, 0.3) is 0 Å². The molecule has 0 aliphatic heterocycles. The highest BCUT2D eigenvalue weighted by atomic mass is 31.3. The fourth-order valence-corrected chi connectivity index (χ4v) is 3.68. The van der Waals surface area contributed by atoms with Gasteiger partial charge >= 0.3 is 15.6 Å². The Balaban J connectivity index is 2.49. The van der Waals surface area contributed by atoms with E-state index in [0.29, 0.717) is 12.8 Å². The van der Waals surface area contributed by atoms with Gasteiger partial charge in [-0.25, -0.2) is 9.13 Å². The minimum Gasteiger partial charge on any atom is -0.302 e. The van der Waals surface area contributed by atoms with E-state index < -0.39 is 21.7 Å². The van der Waals surface area contributed by atoms with Crippen LogP contribution in [-0.4, -0.2) is 20.8 Å². The highest BCUT2D eigenvalue weighted by Gasteiger charge is 2.34. The van der Waals surface area contributed by atoms with Crippen LogP contribution in [-0.2, 0) is 18.0 Å². The third-order valence-corrected chi connectivity index (χ3v) is 4.78. The van der Waals surface area contributed by atoms with Gasteiger partial charge in [0.2, 0.25) is 0 Å². The quantitative estimate of drug-likeness (QED) is 0.680. The van der Waals surface area contributed by atoms with Crippen LogP contribution >= 0.6 is 15.6 Å². The lowest BCUT2D eigenvalue weighted by atomic mass is 9.99. The predicted molar refractivity (Wildman–Crippen MR) is 60.1 cm³/mol. The Bertz CT molecular complexity index is 318. The second kappa shape index (κ2) is 6.43. The van der Waals surface area contributed by atoms with Gasteiger partial charge in [-0.15, -0.1) is 0 Å². The summed E-state index contributed by atoms with van der Waals surface area (Å²) >= 11 is 0. The maximum Gasteiger partial charge on any atom is 0.481 e. The minimum absolute atomic E-state index is 0.474. The number of rotatable bonds is 4. The van der Waals surface area contributed by atoms with E-state index in [2.05, 4.69) is 4.31 Å². The lowest BCUT2D eigenvalue weighted by Crippen LogP contribution is -2.13. The second-order valence-corrected chi connectivity index (χ2v) is 6.90. The van der Waals surface area contributed by atoms with Crippen molar-refractivity contribution in [3.63, 3.8) is 0 Å². The smallest absolute Gasteiger partial charge is 0.302 e. The van der Waals surface area contributed by atoms with E-state index in [0.717, 1.165) is 32.1 Å². The topological polar surface area (TPSA) is 113 Å². The van der Waals surface area contributed by atoms with Crippen molar-refractivity contribution in [2.75, 3.05) is 0 Å². The summed E-state index contributed by atoms with van der Waals surface area (Å²) in [6.45, 7) is 0. The van der Waals surface area contributed by atoms with Crippen molar-refractivity contribution in [2.24, 2.45) is 0 Å². The number of phosphoric ester groups is 1. The lowest BCUT2D eigenvalue weighted by Gasteiger charge is -2.22. The van der Waals surface area contributed by atoms with Crippen molar-refractivity contribution < 1.29 is 32.6 Å². The van der Waals surface area contributed by atoms with Crippen LogP contribution in [0.3, 0.4) is 0 Å². The van der Waals surface area contributed by atoms with Crippen LogP contribution in [0.2, 0.25) is 0 Å². The monoisotopic (exact) mass is 288 g/mol. The van der Waals surface area contributed by atoms with Crippen LogP contribution < -0.4 is 0 Å². The molecule has 0 spiro atoms. The zero-order valence-corrected chi connectivity index (χ0v) is 11.2. The van der Waals surface area contributed by atoms with Gasteiger partial charge in [-0.05, 0) is 12.8 Å². The molecule has 0 saturated heterocycles. The first-order chi connectivity index (χ1) is 7.79. The third kappa shape index (κ3) is 7.32. The third-order valence-electron chi connectivity index (χ3n) is 2.54. The fraction of sp³-hybridized carbons (Fsp3) is 1.00. The van der Waals surface area contributed by atoms with Gasteiger partial charge in [-0.1, -0.05) is 32.1 Å². The zero-order chi connectivity index (χ0) is 12.9. The van der Waals surface area contributed by atoms with Gasteiger partial charge in [-0.3, -0.25) is 4.52 Å². The molecular formula is C8H18O7P2. The van der Waals surface area contributed by atoms with Crippen LogP contribution in [0, 0.1) is 0 Å². The van der Waals surface area contributed by atoms with Gasteiger partial charge < -0.3 is 14.7 Å². The van der Waals surface area contributed by atoms with E-state index in [1.165, 1.54) is 0 Å². The first kappa shape index (κ1) is 15.3. The van der Waals surface area contributed by atoms with Gasteiger partial charge in [0.15, 0.2) is 0 Å². The van der Waals surface area contributed by atoms with E-state index in [-0.39, 0.29) is 0 Å². The Labute approximate surface area is 100.0 Å². The van der Waals surface area contributed by atoms with Crippen LogP contribution in [0.1, 0.15) is 44.9 Å². The van der Waals surface area contributed by atoms with Crippen LogP contribution in [0.4, 0.5) is 0 Å². The second-order valence-electron chi connectivity index (χ2n) is 4.11. The molecular weight excluding hydrogens is 270 g/mol. The maximum absolute atomic E-state index is 11.3. The summed E-state index contributed by atoms with van der Waals surface area (Å²) < 4.78 is 30.3. The van der Waals surface area contributed by atoms with Crippen molar-refractivity contribution >= 4 is 15.6 Å². The summed E-state index contributed by atoms with van der Waals surface area (Å²) in [7, 11) is -9.69. The Morgan fingerprint density at radius 3 is 1.82 bits per heavy atom. The van der Waals surface area contributed by atoms with Crippen molar-refractivity contribution in [3.05, 3.63) is 0 Å². The summed E-state index contributed by atoms with van der Waals surface area (Å²) in [4.78, 5) is 26.1. The molecule has 3 N–H and O–H groups in total. The number of hydrogen-bond acceptors (Lipinski definition) is 4. The van der Waals surface area contributed by atoms with Gasteiger partial charge in [0.05, 0.1) is 6.10 Å². The summed E-state index contributed by atoms with van der Waals surface area (Å²) in [6, 6.07) is 0. The Morgan fingerprint density at radius 2 is 1.35 bits per heavy atom. The molecule has 1 rings (SSSR count). The summed E-state index contributed by atoms with van der Waals surface area (Å²) in [5.41, 5.74) is 0. The fourth-order valence-electron chi connectivity index (χ4n) is 1.87. The molecule has 1 fully saturated rings. The predicted octanol–water partition coefficient (Wildman–Crippen LogP) is 2.33. The van der Waals surface area contributed by atoms with Crippen LogP contribution in [0.5, 0.6) is 0 Å². The van der Waals surface area contributed by atoms with Crippen LogP contribution in [0.15, 0.2) is 0 Å². The molecule has 0 amide bonds. The molecule has 0 aromatic rings. The van der Waals surface area contributed by atoms with Gasteiger partial charge in [-0.2, -0.15) is 4.31 Å². The van der Waals surface area contributed by atoms with Gasteiger partial charge in [0, 0.05) is 0 Å². The molecule has 0 aromatic carbocycles. The highest BCUT2D eigenvalue weighted by molar-refractivity contribution is 7.60. The SMILES string of the molecule is O=P(O)(O)OP(=O)(O)OC1CCCCCCC1. The summed E-state index contributed by atoms with van der Waals surface area (Å²) in [5.74, 6) is 0. The standard InChI is InChI=1S/C8H18O7P2/c9-16(10,11)15-17(12,13)14-8-6-4-2-1-3-5-7-8/h8H,1-7H2,(H,12,13)(H2,9,10,11). The lowest BCUT2D eigenvalue weighted by molar-refractivity contribution is 0.108. The summed E-state index contributed by atoms with van der Waals surface area (Å²) in [6.07, 6.45) is 5.70. The van der Waals surface area contributed by atoms with E-state index >= 15 is 0 Å². The molecule has 1 saturated carbocycles. The molecule has 102 valence electrons. The normalized spacial score (nSPS) is 23.7. The Kier molecular flexibility index (Phi) is 5.80. The van der Waals surface area contributed by atoms with E-state index in [1.54, 1.807) is 0 Å². The molecule has 0 bridgehead atoms. The van der Waals surface area contributed by atoms with Crippen molar-refractivity contribution in [1.82, 2.24) is 0 Å². The molecule has 1 aliphatic rings. The largest absolute Gasteiger partial charge is 0.481 e. The molecule has 1 unspecified atom stereocenters. The van der Waals surface area contributed by atoms with E-state index in [1.807, 2.05) is 0 Å². The molecule has 17 heavy (non-hydrogen) atoms. The molecule has 7 nitrogen and oxygen atoms in total. The first-order valence-electron chi connectivity index (χ1n) is 5.57. The maximum atomic E-state index is 11.3. The summed E-state index contributed by atoms with van der Waals surface area (Å²) in [5, 5.41) is 0. The van der Waals surface area contributed by atoms with Gasteiger partial charge in [0.1, 0.15) is 0 Å². The van der Waals surface area contributed by atoms with Crippen LogP contribution in [0.25, 0.3) is 0 Å². The molecule has 0 heterocycles. The van der Waals surface area contributed by atoms with Crippen molar-refractivity contribution in [1.29, 1.82) is 0 Å². The zero-order valence-electron chi connectivity index (χ0n) is 9.40. The minimum atomic E-state index is -5.01. The first-order valence-corrected chi connectivity index (χ1v) is 8.59.